The number of carboxylic acids is 1. The Morgan fingerprint density at radius 2 is 1.59 bits per heavy atom. The summed E-state index contributed by atoms with van der Waals surface area (Å²) in [6.45, 7) is 1.87. The molecule has 0 radical (unpaired) electrons. The molecule has 0 fully saturated rings. The minimum Gasteiger partial charge on any atom is -0.478 e. The predicted octanol–water partition coefficient (Wildman–Crippen LogP) is 5.53. The van der Waals surface area contributed by atoms with Crippen molar-refractivity contribution in [2.75, 3.05) is 6.54 Å². The average molecular weight is 496 g/mol. The van der Waals surface area contributed by atoms with Gasteiger partial charge in [0.2, 0.25) is 10.0 Å². The zero-order valence-electron chi connectivity index (χ0n) is 18.1. The van der Waals surface area contributed by atoms with E-state index in [2.05, 4.69) is 4.72 Å². The summed E-state index contributed by atoms with van der Waals surface area (Å²) < 4.78 is 71.0. The Morgan fingerprint density at radius 3 is 2.12 bits per heavy atom. The van der Waals surface area contributed by atoms with Gasteiger partial charge in [0, 0.05) is 7.97 Å². The Labute approximate surface area is 196 Å². The van der Waals surface area contributed by atoms with Crippen molar-refractivity contribution in [3.8, 4) is 11.5 Å². The minimum absolute atomic E-state index is 0. The number of alkyl halides is 3. The monoisotopic (exact) mass is 495 g/mol. The molecule has 3 rings (SSSR count). The standard InChI is InChI=1S/C24H22F3NO5S.H2/c1-2-17-5-12-21(15-22(17)23(29)30)34(31,32)28-14-13-16-3-8-19(9-4-16)33-20-10-6-18(7-11-20)24(25,26)27;/h3-12,15,28H,2,13-14H2,1H3,(H,29,30);1H. The van der Waals surface area contributed by atoms with Gasteiger partial charge in [-0.1, -0.05) is 25.1 Å². The summed E-state index contributed by atoms with van der Waals surface area (Å²) in [5.74, 6) is -0.517. The number of nitrogens with one attached hydrogen (secondary N) is 1. The van der Waals surface area contributed by atoms with E-state index < -0.39 is 27.7 Å². The van der Waals surface area contributed by atoms with Crippen LogP contribution >= 0.6 is 0 Å². The third kappa shape index (κ3) is 6.36. The van der Waals surface area contributed by atoms with Gasteiger partial charge in [0.05, 0.1) is 16.0 Å². The molecule has 0 aliphatic rings. The molecule has 0 bridgehead atoms. The summed E-state index contributed by atoms with van der Waals surface area (Å²) in [6, 6.07) is 15.0. The van der Waals surface area contributed by atoms with Gasteiger partial charge in [0.15, 0.2) is 0 Å². The topological polar surface area (TPSA) is 92.7 Å². The number of rotatable bonds is 9. The molecule has 34 heavy (non-hydrogen) atoms. The lowest BCUT2D eigenvalue weighted by Gasteiger charge is -2.11. The van der Waals surface area contributed by atoms with Crippen LogP contribution in [-0.2, 0) is 29.0 Å². The van der Waals surface area contributed by atoms with E-state index in [9.17, 15) is 31.5 Å². The van der Waals surface area contributed by atoms with Crippen molar-refractivity contribution in [2.45, 2.75) is 30.8 Å². The second kappa shape index (κ2) is 10.3. The van der Waals surface area contributed by atoms with Crippen LogP contribution in [-0.4, -0.2) is 26.0 Å². The molecule has 182 valence electrons. The summed E-state index contributed by atoms with van der Waals surface area (Å²) in [7, 11) is -3.89. The first-order valence-corrected chi connectivity index (χ1v) is 11.8. The zero-order valence-corrected chi connectivity index (χ0v) is 18.9. The third-order valence-corrected chi connectivity index (χ3v) is 6.51. The lowest BCUT2D eigenvalue weighted by molar-refractivity contribution is -0.137. The van der Waals surface area contributed by atoms with Crippen molar-refractivity contribution in [1.29, 1.82) is 0 Å². The lowest BCUT2D eigenvalue weighted by atomic mass is 10.1. The van der Waals surface area contributed by atoms with E-state index in [1.165, 1.54) is 24.3 Å². The quantitative estimate of drug-likeness (QED) is 0.408. The van der Waals surface area contributed by atoms with Gasteiger partial charge in [0.25, 0.3) is 0 Å². The number of benzene rings is 3. The van der Waals surface area contributed by atoms with Crippen LogP contribution in [0.3, 0.4) is 0 Å². The molecule has 0 atom stereocenters. The molecule has 0 aliphatic carbocycles. The van der Waals surface area contributed by atoms with Gasteiger partial charge in [-0.25, -0.2) is 17.9 Å². The van der Waals surface area contributed by atoms with Gasteiger partial charge in [-0.15, -0.1) is 0 Å². The van der Waals surface area contributed by atoms with Crippen LogP contribution in [0.15, 0.2) is 71.6 Å². The second-order valence-corrected chi connectivity index (χ2v) is 9.16. The normalized spacial score (nSPS) is 11.9. The molecule has 3 aromatic rings. The molecule has 6 nitrogen and oxygen atoms in total. The highest BCUT2D eigenvalue weighted by atomic mass is 32.2. The highest BCUT2D eigenvalue weighted by molar-refractivity contribution is 7.89. The van der Waals surface area contributed by atoms with E-state index in [4.69, 9.17) is 4.74 Å². The van der Waals surface area contributed by atoms with Gasteiger partial charge >= 0.3 is 12.1 Å². The van der Waals surface area contributed by atoms with E-state index in [1.54, 1.807) is 31.2 Å². The summed E-state index contributed by atoms with van der Waals surface area (Å²) in [5.41, 5.74) is 0.534. The first-order chi connectivity index (χ1) is 16.0. The number of aromatic carboxylic acids is 1. The minimum atomic E-state index is -4.42. The molecule has 0 heterocycles. The maximum Gasteiger partial charge on any atom is 0.416 e. The first kappa shape index (κ1) is 25.3. The van der Waals surface area contributed by atoms with Gasteiger partial charge in [0.1, 0.15) is 11.5 Å². The summed E-state index contributed by atoms with van der Waals surface area (Å²) in [6.07, 6.45) is -3.59. The van der Waals surface area contributed by atoms with E-state index in [0.29, 0.717) is 24.2 Å². The second-order valence-electron chi connectivity index (χ2n) is 7.39. The van der Waals surface area contributed by atoms with E-state index in [-0.39, 0.29) is 24.2 Å². The smallest absolute Gasteiger partial charge is 0.416 e. The number of carboxylic acid groups (broad SMARTS) is 1. The van der Waals surface area contributed by atoms with Crippen molar-refractivity contribution >= 4 is 16.0 Å². The molecule has 0 amide bonds. The maximum absolute atomic E-state index is 12.6. The van der Waals surface area contributed by atoms with Crippen molar-refractivity contribution in [3.05, 3.63) is 89.0 Å². The summed E-state index contributed by atoms with van der Waals surface area (Å²) >= 11 is 0. The third-order valence-electron chi connectivity index (χ3n) is 5.05. The first-order valence-electron chi connectivity index (χ1n) is 10.3. The maximum atomic E-state index is 12.6. The number of carbonyl (C=O) groups is 1. The SMILES string of the molecule is CCc1ccc(S(=O)(=O)NCCc2ccc(Oc3ccc(C(F)(F)F)cc3)cc2)cc1C(=O)O.[HH]. The number of halogens is 3. The average Bonchev–Trinajstić information content (AvgIpc) is 2.79. The summed E-state index contributed by atoms with van der Waals surface area (Å²) in [5, 5.41) is 9.30. The molecular formula is C24H24F3NO5S. The van der Waals surface area contributed by atoms with E-state index in [1.807, 2.05) is 0 Å². The van der Waals surface area contributed by atoms with Crippen LogP contribution in [0.1, 0.15) is 35.4 Å². The fraction of sp³-hybridized carbons (Fsp3) is 0.208. The van der Waals surface area contributed by atoms with Crippen molar-refractivity contribution in [3.63, 3.8) is 0 Å². The fourth-order valence-electron chi connectivity index (χ4n) is 3.22. The van der Waals surface area contributed by atoms with Gasteiger partial charge < -0.3 is 9.84 Å². The Hall–Kier alpha value is -3.37. The number of hydrogen-bond donors (Lipinski definition) is 2. The molecule has 0 saturated heterocycles. The van der Waals surface area contributed by atoms with Crippen LogP contribution in [0.2, 0.25) is 0 Å². The molecule has 10 heteroatoms. The predicted molar refractivity (Wildman–Crippen MR) is 122 cm³/mol. The summed E-state index contributed by atoms with van der Waals surface area (Å²) in [4.78, 5) is 11.3. The van der Waals surface area contributed by atoms with Gasteiger partial charge in [-0.3, -0.25) is 0 Å². The van der Waals surface area contributed by atoms with Crippen LogP contribution in [0.4, 0.5) is 13.2 Å². The Morgan fingerprint density at radius 1 is 1.00 bits per heavy atom. The largest absolute Gasteiger partial charge is 0.478 e. The van der Waals surface area contributed by atoms with Crippen molar-refractivity contribution < 1.29 is 37.7 Å². The van der Waals surface area contributed by atoms with Crippen LogP contribution in [0.5, 0.6) is 11.5 Å². The van der Waals surface area contributed by atoms with Crippen LogP contribution < -0.4 is 9.46 Å². The molecular weight excluding hydrogens is 471 g/mol. The highest BCUT2D eigenvalue weighted by Crippen LogP contribution is 2.31. The number of sulfonamides is 1. The van der Waals surface area contributed by atoms with Crippen LogP contribution in [0, 0.1) is 0 Å². The van der Waals surface area contributed by atoms with Gasteiger partial charge in [-0.05, 0) is 72.5 Å². The highest BCUT2D eigenvalue weighted by Gasteiger charge is 2.30. The Bertz CT molecular complexity index is 1260. The molecule has 0 spiro atoms. The molecule has 0 unspecified atom stereocenters. The molecule has 0 saturated carbocycles. The van der Waals surface area contributed by atoms with Gasteiger partial charge in [-0.2, -0.15) is 13.2 Å². The number of hydrogen-bond acceptors (Lipinski definition) is 4. The van der Waals surface area contributed by atoms with E-state index >= 15 is 0 Å². The molecule has 0 aliphatic heterocycles. The Balaban J connectivity index is 0.00000432. The van der Waals surface area contributed by atoms with Crippen molar-refractivity contribution in [2.24, 2.45) is 0 Å². The molecule has 0 aromatic heterocycles. The van der Waals surface area contributed by atoms with E-state index in [0.717, 1.165) is 23.8 Å². The number of ether oxygens (including phenoxy) is 1. The number of aryl methyl sites for hydroxylation is 1. The zero-order chi connectivity index (χ0) is 24.9. The fourth-order valence-corrected chi connectivity index (χ4v) is 4.27. The molecule has 3 aromatic carbocycles. The Kier molecular flexibility index (Phi) is 7.63. The van der Waals surface area contributed by atoms with Crippen LogP contribution in [0.25, 0.3) is 0 Å². The molecule has 2 N–H and O–H groups in total. The lowest BCUT2D eigenvalue weighted by Crippen LogP contribution is -2.26. The van der Waals surface area contributed by atoms with Crippen molar-refractivity contribution in [1.82, 2.24) is 4.72 Å².